The first-order valence-electron chi connectivity index (χ1n) is 7.53. The highest BCUT2D eigenvalue weighted by molar-refractivity contribution is 5.23. The molecule has 0 heterocycles. The number of hydrogen-bond acceptors (Lipinski definition) is 1. The molecule has 0 aromatic heterocycles. The molecule has 0 amide bonds. The first-order valence-corrected chi connectivity index (χ1v) is 7.53. The summed E-state index contributed by atoms with van der Waals surface area (Å²) in [5.74, 6) is 7.88. The third-order valence-corrected chi connectivity index (χ3v) is 3.11. The monoisotopic (exact) mass is 248 g/mol. The van der Waals surface area contributed by atoms with E-state index in [9.17, 15) is 0 Å². The van der Waals surface area contributed by atoms with Gasteiger partial charge in [0.15, 0.2) is 0 Å². The molecule has 0 fully saturated rings. The zero-order valence-corrected chi connectivity index (χ0v) is 11.9. The van der Waals surface area contributed by atoms with Crippen LogP contribution >= 0.6 is 0 Å². The molecule has 0 aromatic rings. The van der Waals surface area contributed by atoms with Crippen molar-refractivity contribution >= 4 is 0 Å². The van der Waals surface area contributed by atoms with Crippen LogP contribution in [0.5, 0.6) is 0 Å². The minimum absolute atomic E-state index is 0.908. The SMILES string of the molecule is CCCCCCCCCCCCCC#CC#CO. The molecule has 0 saturated heterocycles. The molecule has 0 unspecified atom stereocenters. The highest BCUT2D eigenvalue weighted by Gasteiger charge is 1.92. The third-order valence-electron chi connectivity index (χ3n) is 3.11. The second-order valence-corrected chi connectivity index (χ2v) is 4.82. The summed E-state index contributed by atoms with van der Waals surface area (Å²) in [4.78, 5) is 0. The first kappa shape index (κ1) is 16.9. The Bertz CT molecular complexity index is 271. The van der Waals surface area contributed by atoms with Crippen LogP contribution in [0.25, 0.3) is 0 Å². The summed E-state index contributed by atoms with van der Waals surface area (Å²) in [6.07, 6.45) is 17.7. The van der Waals surface area contributed by atoms with Crippen molar-refractivity contribution in [1.82, 2.24) is 0 Å². The van der Waals surface area contributed by atoms with Crippen LogP contribution in [0.3, 0.4) is 0 Å². The van der Waals surface area contributed by atoms with Crippen LogP contribution in [0.2, 0.25) is 0 Å². The van der Waals surface area contributed by atoms with E-state index in [2.05, 4.69) is 24.7 Å². The minimum Gasteiger partial charge on any atom is -0.461 e. The van der Waals surface area contributed by atoms with E-state index < -0.39 is 0 Å². The zero-order chi connectivity index (χ0) is 13.3. The Balaban J connectivity index is 3.03. The number of aliphatic hydroxyl groups is 1. The van der Waals surface area contributed by atoms with Gasteiger partial charge in [-0.05, 0) is 12.3 Å². The Morgan fingerprint density at radius 1 is 0.667 bits per heavy atom. The minimum atomic E-state index is 0.908. The van der Waals surface area contributed by atoms with Crippen LogP contribution in [0.4, 0.5) is 0 Å². The molecule has 1 nitrogen and oxygen atoms in total. The Labute approximate surface area is 113 Å². The normalized spacial score (nSPS) is 9.17. The van der Waals surface area contributed by atoms with Gasteiger partial charge < -0.3 is 5.11 Å². The maximum absolute atomic E-state index is 8.19. The fraction of sp³-hybridized carbons (Fsp3) is 0.765. The van der Waals surface area contributed by atoms with Crippen molar-refractivity contribution in [1.29, 1.82) is 0 Å². The molecule has 0 bridgehead atoms. The largest absolute Gasteiger partial charge is 0.461 e. The number of hydrogen-bond donors (Lipinski definition) is 1. The summed E-state index contributed by atoms with van der Waals surface area (Å²) in [6.45, 7) is 2.26. The van der Waals surface area contributed by atoms with Crippen molar-refractivity contribution in [2.45, 2.75) is 84.0 Å². The van der Waals surface area contributed by atoms with E-state index in [0.29, 0.717) is 0 Å². The zero-order valence-electron chi connectivity index (χ0n) is 11.9. The number of aliphatic hydroxyl groups excluding tert-OH is 1. The number of rotatable bonds is 11. The second-order valence-electron chi connectivity index (χ2n) is 4.82. The van der Waals surface area contributed by atoms with E-state index in [4.69, 9.17) is 5.11 Å². The molecule has 0 aliphatic rings. The molecule has 0 rings (SSSR count). The van der Waals surface area contributed by atoms with E-state index in [0.717, 1.165) is 12.8 Å². The Kier molecular flexibility index (Phi) is 15.0. The second kappa shape index (κ2) is 15.9. The van der Waals surface area contributed by atoms with Crippen molar-refractivity contribution in [3.05, 3.63) is 0 Å². The molecule has 0 radical (unpaired) electrons. The van der Waals surface area contributed by atoms with Gasteiger partial charge in [-0.2, -0.15) is 0 Å². The topological polar surface area (TPSA) is 20.2 Å². The molecule has 0 aliphatic carbocycles. The maximum atomic E-state index is 8.19. The number of unbranched alkanes of at least 4 members (excludes halogenated alkanes) is 11. The molecule has 18 heavy (non-hydrogen) atoms. The average molecular weight is 248 g/mol. The molecule has 1 N–H and O–H groups in total. The summed E-state index contributed by atoms with van der Waals surface area (Å²) < 4.78 is 0. The fourth-order valence-electron chi connectivity index (χ4n) is 2.01. The van der Waals surface area contributed by atoms with Crippen molar-refractivity contribution in [3.8, 4) is 23.9 Å². The van der Waals surface area contributed by atoms with Gasteiger partial charge in [0.25, 0.3) is 0 Å². The lowest BCUT2D eigenvalue weighted by Crippen LogP contribution is -1.82. The third kappa shape index (κ3) is 14.9. The van der Waals surface area contributed by atoms with E-state index >= 15 is 0 Å². The first-order chi connectivity index (χ1) is 8.91. The standard InChI is InChI=1S/C17H28O/c1-2-3-4-5-6-7-8-9-10-11-12-13-14-15-16-17-18/h18H,2-13H2,1H3. The van der Waals surface area contributed by atoms with Crippen molar-refractivity contribution in [2.75, 3.05) is 0 Å². The summed E-state index contributed by atoms with van der Waals surface area (Å²) in [7, 11) is 0. The van der Waals surface area contributed by atoms with Gasteiger partial charge in [-0.25, -0.2) is 0 Å². The highest BCUT2D eigenvalue weighted by atomic mass is 16.2. The summed E-state index contributed by atoms with van der Waals surface area (Å²) in [5.41, 5.74) is 0. The lowest BCUT2D eigenvalue weighted by molar-refractivity contribution is 0.517. The molecule has 0 atom stereocenters. The summed E-state index contributed by atoms with van der Waals surface area (Å²) >= 11 is 0. The lowest BCUT2D eigenvalue weighted by Gasteiger charge is -2.01. The summed E-state index contributed by atoms with van der Waals surface area (Å²) in [5, 5.41) is 8.19. The van der Waals surface area contributed by atoms with Gasteiger partial charge in [-0.3, -0.25) is 0 Å². The maximum Gasteiger partial charge on any atom is 0.122 e. The molecule has 102 valence electrons. The van der Waals surface area contributed by atoms with E-state index in [1.54, 1.807) is 6.11 Å². The molecule has 0 aliphatic heterocycles. The van der Waals surface area contributed by atoms with Gasteiger partial charge in [-0.1, -0.05) is 77.1 Å². The van der Waals surface area contributed by atoms with E-state index in [1.807, 2.05) is 0 Å². The van der Waals surface area contributed by atoms with Gasteiger partial charge in [0.05, 0.1) is 0 Å². The van der Waals surface area contributed by atoms with Crippen molar-refractivity contribution < 1.29 is 5.11 Å². The molecule has 0 saturated carbocycles. The predicted molar refractivity (Wildman–Crippen MR) is 78.6 cm³/mol. The van der Waals surface area contributed by atoms with Gasteiger partial charge in [-0.15, -0.1) is 0 Å². The molecule has 0 aromatic carbocycles. The molecule has 1 heteroatoms. The quantitative estimate of drug-likeness (QED) is 0.402. The van der Waals surface area contributed by atoms with Crippen LogP contribution in [0.15, 0.2) is 0 Å². The average Bonchev–Trinajstić information content (AvgIpc) is 2.39. The van der Waals surface area contributed by atoms with Gasteiger partial charge in [0, 0.05) is 12.3 Å². The molecular weight excluding hydrogens is 220 g/mol. The van der Waals surface area contributed by atoms with Crippen LogP contribution < -0.4 is 0 Å². The van der Waals surface area contributed by atoms with Gasteiger partial charge in [0.2, 0.25) is 0 Å². The predicted octanol–water partition coefficient (Wildman–Crippen LogP) is 5.02. The molecular formula is C17H28O. The van der Waals surface area contributed by atoms with Crippen LogP contribution in [0, 0.1) is 23.9 Å². The van der Waals surface area contributed by atoms with Crippen LogP contribution in [-0.4, -0.2) is 5.11 Å². The van der Waals surface area contributed by atoms with E-state index in [1.165, 1.54) is 64.2 Å². The van der Waals surface area contributed by atoms with Crippen LogP contribution in [-0.2, 0) is 0 Å². The van der Waals surface area contributed by atoms with Crippen molar-refractivity contribution in [3.63, 3.8) is 0 Å². The smallest absolute Gasteiger partial charge is 0.122 e. The van der Waals surface area contributed by atoms with Crippen LogP contribution in [0.1, 0.15) is 84.0 Å². The van der Waals surface area contributed by atoms with E-state index in [-0.39, 0.29) is 0 Å². The molecule has 0 spiro atoms. The lowest BCUT2D eigenvalue weighted by atomic mass is 10.1. The van der Waals surface area contributed by atoms with Crippen molar-refractivity contribution in [2.24, 2.45) is 0 Å². The Morgan fingerprint density at radius 3 is 1.67 bits per heavy atom. The van der Waals surface area contributed by atoms with Gasteiger partial charge in [0.1, 0.15) is 6.11 Å². The Hall–Kier alpha value is -1.08. The Morgan fingerprint density at radius 2 is 1.17 bits per heavy atom. The highest BCUT2D eigenvalue weighted by Crippen LogP contribution is 2.11. The summed E-state index contributed by atoms with van der Waals surface area (Å²) in [6, 6.07) is 0. The fourth-order valence-corrected chi connectivity index (χ4v) is 2.01. The van der Waals surface area contributed by atoms with Gasteiger partial charge >= 0.3 is 0 Å².